The van der Waals surface area contributed by atoms with Crippen LogP contribution in [0.1, 0.15) is 11.1 Å². The standard InChI is InChI=1S/C13H13N3O4/c1-16(2)13(17)20-15-12(14)9-3-7-4-10-11(5-8(7)9)19-6-18-10/h3-5H,6H2,1-2H3,(H2,14,15). The molecule has 0 bridgehead atoms. The van der Waals surface area contributed by atoms with Gasteiger partial charge in [0.1, 0.15) is 0 Å². The van der Waals surface area contributed by atoms with Gasteiger partial charge < -0.3 is 20.1 Å². The molecule has 0 fully saturated rings. The van der Waals surface area contributed by atoms with Gasteiger partial charge in [0.05, 0.1) is 0 Å². The van der Waals surface area contributed by atoms with E-state index in [9.17, 15) is 4.79 Å². The van der Waals surface area contributed by atoms with Crippen molar-refractivity contribution in [3.8, 4) is 11.5 Å². The predicted molar refractivity (Wildman–Crippen MR) is 72.2 cm³/mol. The number of ether oxygens (including phenoxy) is 2. The third-order valence-electron chi connectivity index (χ3n) is 3.00. The molecule has 1 aromatic carbocycles. The van der Waals surface area contributed by atoms with Crippen molar-refractivity contribution in [1.82, 2.24) is 4.90 Å². The van der Waals surface area contributed by atoms with E-state index < -0.39 is 6.09 Å². The van der Waals surface area contributed by atoms with Crippen LogP contribution in [-0.4, -0.2) is 37.7 Å². The highest BCUT2D eigenvalue weighted by Gasteiger charge is 2.25. The van der Waals surface area contributed by atoms with Crippen LogP contribution in [0.5, 0.6) is 11.5 Å². The summed E-state index contributed by atoms with van der Waals surface area (Å²) in [4.78, 5) is 17.2. The van der Waals surface area contributed by atoms with Crippen LogP contribution < -0.4 is 15.2 Å². The van der Waals surface area contributed by atoms with Crippen LogP contribution in [0, 0.1) is 0 Å². The average molecular weight is 275 g/mol. The highest BCUT2D eigenvalue weighted by molar-refractivity contribution is 6.31. The van der Waals surface area contributed by atoms with E-state index >= 15 is 0 Å². The van der Waals surface area contributed by atoms with Gasteiger partial charge >= 0.3 is 6.09 Å². The lowest BCUT2D eigenvalue weighted by atomic mass is 9.87. The van der Waals surface area contributed by atoms with Gasteiger partial charge in [-0.05, 0) is 29.3 Å². The summed E-state index contributed by atoms with van der Waals surface area (Å²) in [6.07, 6.45) is 1.26. The zero-order chi connectivity index (χ0) is 14.3. The Kier molecular flexibility index (Phi) is 2.74. The number of nitrogens with two attached hydrogens (primary N) is 1. The molecule has 1 aliphatic carbocycles. The molecular formula is C13H13N3O4. The quantitative estimate of drug-likeness (QED) is 0.380. The van der Waals surface area contributed by atoms with Crippen molar-refractivity contribution in [2.24, 2.45) is 10.9 Å². The molecule has 0 aromatic heterocycles. The number of hydrogen-bond donors (Lipinski definition) is 1. The molecule has 1 aromatic rings. The lowest BCUT2D eigenvalue weighted by molar-refractivity contribution is 0.122. The van der Waals surface area contributed by atoms with E-state index in [0.717, 1.165) is 11.1 Å². The molecule has 20 heavy (non-hydrogen) atoms. The van der Waals surface area contributed by atoms with Gasteiger partial charge in [-0.25, -0.2) is 4.79 Å². The third kappa shape index (κ3) is 1.93. The van der Waals surface area contributed by atoms with Gasteiger partial charge in [0.15, 0.2) is 17.3 Å². The fraction of sp³-hybridized carbons (Fsp3) is 0.231. The Balaban J connectivity index is 1.77. The molecule has 0 radical (unpaired) electrons. The van der Waals surface area contributed by atoms with Crippen LogP contribution in [0.15, 0.2) is 17.3 Å². The summed E-state index contributed by atoms with van der Waals surface area (Å²) in [6, 6.07) is 3.71. The van der Waals surface area contributed by atoms with E-state index in [4.69, 9.17) is 15.2 Å². The first-order valence-corrected chi connectivity index (χ1v) is 5.94. The van der Waals surface area contributed by atoms with Crippen molar-refractivity contribution in [2.45, 2.75) is 0 Å². The van der Waals surface area contributed by atoms with Gasteiger partial charge in [0, 0.05) is 19.7 Å². The van der Waals surface area contributed by atoms with E-state index in [1.165, 1.54) is 4.90 Å². The van der Waals surface area contributed by atoms with Crippen molar-refractivity contribution < 1.29 is 19.1 Å². The van der Waals surface area contributed by atoms with Crippen LogP contribution in [0.25, 0.3) is 11.6 Å². The van der Waals surface area contributed by atoms with E-state index in [-0.39, 0.29) is 12.6 Å². The Labute approximate surface area is 115 Å². The first kappa shape index (κ1) is 12.3. The Hall–Kier alpha value is -2.70. The number of amidine groups is 1. The molecule has 1 heterocycles. The summed E-state index contributed by atoms with van der Waals surface area (Å²) < 4.78 is 10.6. The number of hydrogen-bond acceptors (Lipinski definition) is 5. The minimum atomic E-state index is -0.584. The molecule has 0 unspecified atom stereocenters. The minimum Gasteiger partial charge on any atom is -0.454 e. The molecule has 2 aliphatic rings. The normalized spacial score (nSPS) is 15.1. The van der Waals surface area contributed by atoms with Crippen LogP contribution in [-0.2, 0) is 4.84 Å². The monoisotopic (exact) mass is 275 g/mol. The van der Waals surface area contributed by atoms with Gasteiger partial charge in [0.2, 0.25) is 6.79 Å². The number of oxime groups is 1. The van der Waals surface area contributed by atoms with E-state index in [2.05, 4.69) is 9.99 Å². The summed E-state index contributed by atoms with van der Waals surface area (Å²) in [5.74, 6) is 1.53. The fourth-order valence-electron chi connectivity index (χ4n) is 1.90. The second kappa shape index (κ2) is 4.44. The van der Waals surface area contributed by atoms with Crippen molar-refractivity contribution >= 4 is 23.6 Å². The molecule has 7 heteroatoms. The van der Waals surface area contributed by atoms with Gasteiger partial charge in [-0.3, -0.25) is 4.84 Å². The smallest absolute Gasteiger partial charge is 0.435 e. The number of rotatable bonds is 2. The van der Waals surface area contributed by atoms with Crippen LogP contribution in [0.2, 0.25) is 0 Å². The van der Waals surface area contributed by atoms with E-state index in [1.54, 1.807) is 14.1 Å². The average Bonchev–Trinajstić information content (AvgIpc) is 2.84. The first-order chi connectivity index (χ1) is 9.56. The number of nitrogens with zero attached hydrogens (tertiary/aromatic N) is 2. The summed E-state index contributed by atoms with van der Waals surface area (Å²) in [7, 11) is 3.12. The summed E-state index contributed by atoms with van der Waals surface area (Å²) in [5, 5.41) is 3.62. The Morgan fingerprint density at radius 1 is 1.35 bits per heavy atom. The number of amides is 1. The zero-order valence-electron chi connectivity index (χ0n) is 11.0. The number of fused-ring (bicyclic) bond motifs is 2. The molecule has 2 N–H and O–H groups in total. The van der Waals surface area contributed by atoms with Crippen LogP contribution >= 0.6 is 0 Å². The highest BCUT2D eigenvalue weighted by atomic mass is 16.7. The molecular weight excluding hydrogens is 262 g/mol. The van der Waals surface area contributed by atoms with Gasteiger partial charge in [-0.1, -0.05) is 5.16 Å². The molecule has 0 atom stereocenters. The Morgan fingerprint density at radius 2 is 2.05 bits per heavy atom. The summed E-state index contributed by atoms with van der Waals surface area (Å²) >= 11 is 0. The topological polar surface area (TPSA) is 86.4 Å². The predicted octanol–water partition coefficient (Wildman–Crippen LogP) is 1.24. The SMILES string of the molecule is CN(C)C(=O)ON=C(N)C1=Cc2cc3c(cc21)OCO3. The third-order valence-corrected chi connectivity index (χ3v) is 3.00. The molecule has 1 aliphatic heterocycles. The number of carbonyl (C=O) groups excluding carboxylic acids is 1. The molecule has 104 valence electrons. The maximum Gasteiger partial charge on any atom is 0.435 e. The second-order valence-electron chi connectivity index (χ2n) is 4.58. The Bertz CT molecular complexity index is 649. The van der Waals surface area contributed by atoms with E-state index in [1.807, 2.05) is 18.2 Å². The van der Waals surface area contributed by atoms with Gasteiger partial charge in [-0.15, -0.1) is 0 Å². The van der Waals surface area contributed by atoms with Crippen molar-refractivity contribution in [1.29, 1.82) is 0 Å². The zero-order valence-corrected chi connectivity index (χ0v) is 11.0. The van der Waals surface area contributed by atoms with Crippen LogP contribution in [0.4, 0.5) is 4.79 Å². The van der Waals surface area contributed by atoms with Crippen molar-refractivity contribution in [3.05, 3.63) is 23.3 Å². The highest BCUT2D eigenvalue weighted by Crippen LogP contribution is 2.42. The molecule has 1 amide bonds. The Morgan fingerprint density at radius 3 is 2.75 bits per heavy atom. The maximum atomic E-state index is 11.3. The van der Waals surface area contributed by atoms with Crippen molar-refractivity contribution in [2.75, 3.05) is 20.9 Å². The van der Waals surface area contributed by atoms with E-state index in [0.29, 0.717) is 17.1 Å². The van der Waals surface area contributed by atoms with Crippen molar-refractivity contribution in [3.63, 3.8) is 0 Å². The molecule has 7 nitrogen and oxygen atoms in total. The van der Waals surface area contributed by atoms with Gasteiger partial charge in [-0.2, -0.15) is 0 Å². The van der Waals surface area contributed by atoms with Crippen LogP contribution in [0.3, 0.4) is 0 Å². The summed E-state index contributed by atoms with van der Waals surface area (Å²) in [6.45, 7) is 0.220. The maximum absolute atomic E-state index is 11.3. The largest absolute Gasteiger partial charge is 0.454 e. The number of benzene rings is 1. The number of carbonyl (C=O) groups is 1. The molecule has 0 saturated carbocycles. The minimum absolute atomic E-state index is 0.145. The second-order valence-corrected chi connectivity index (χ2v) is 4.58. The van der Waals surface area contributed by atoms with Gasteiger partial charge in [0.25, 0.3) is 0 Å². The molecule has 0 saturated heterocycles. The fourth-order valence-corrected chi connectivity index (χ4v) is 1.90. The summed E-state index contributed by atoms with van der Waals surface area (Å²) in [5.41, 5.74) is 8.40. The molecule has 3 rings (SSSR count). The lowest BCUT2D eigenvalue weighted by Gasteiger charge is -2.19. The first-order valence-electron chi connectivity index (χ1n) is 5.94. The molecule has 0 spiro atoms. The lowest BCUT2D eigenvalue weighted by Crippen LogP contribution is -2.24.